The normalized spacial score (nSPS) is 10.9. The third-order valence-electron chi connectivity index (χ3n) is 7.82. The molecule has 0 saturated carbocycles. The molecular weight excluding hydrogens is 717 g/mol. The Labute approximate surface area is 310 Å². The van der Waals surface area contributed by atoms with Crippen molar-refractivity contribution in [1.29, 1.82) is 0 Å². The van der Waals surface area contributed by atoms with Crippen LogP contribution in [0.2, 0.25) is 10.2 Å². The number of unbranched alkanes of at least 4 members (excludes halogenated alkanes) is 2. The maximum atomic E-state index is 11.3. The molecule has 4 heterocycles. The smallest absolute Gasteiger partial charge is 0.305 e. The van der Waals surface area contributed by atoms with Crippen LogP contribution in [0.5, 0.6) is 5.75 Å². The van der Waals surface area contributed by atoms with Crippen LogP contribution in [-0.2, 0) is 51.3 Å². The number of nitrogens with one attached hydrogen (secondary N) is 1. The van der Waals surface area contributed by atoms with Crippen molar-refractivity contribution in [3.63, 3.8) is 0 Å². The Balaban J connectivity index is 0.000000244. The number of aromatic nitrogens is 4. The largest absolute Gasteiger partial charge is 0.495 e. The molecule has 0 radical (unpaired) electrons. The van der Waals surface area contributed by atoms with Crippen molar-refractivity contribution in [2.75, 3.05) is 26.6 Å². The molecule has 0 amide bonds. The molecule has 10 nitrogen and oxygen atoms in total. The highest BCUT2D eigenvalue weighted by Gasteiger charge is 2.13. The van der Waals surface area contributed by atoms with Crippen LogP contribution in [0.15, 0.2) is 30.3 Å². The number of carbonyl (C=O) groups excluding carboxylic acids is 2. The second-order valence-corrected chi connectivity index (χ2v) is 14.4. The number of nitrogens with zero attached hydrogens (tertiary/aromatic N) is 4. The number of rotatable bonds is 16. The lowest BCUT2D eigenvalue weighted by atomic mass is 10.2. The lowest BCUT2D eigenvalue weighted by molar-refractivity contribution is -0.141. The van der Waals surface area contributed by atoms with Crippen molar-refractivity contribution in [3.05, 3.63) is 67.5 Å². The first-order valence-electron chi connectivity index (χ1n) is 16.6. The van der Waals surface area contributed by atoms with Gasteiger partial charge < -0.3 is 19.5 Å². The summed E-state index contributed by atoms with van der Waals surface area (Å²) in [5, 5.41) is 6.53. The van der Waals surface area contributed by atoms with Crippen LogP contribution in [0.3, 0.4) is 0 Å². The molecule has 0 aliphatic heterocycles. The molecule has 5 aromatic rings. The number of benzene rings is 1. The van der Waals surface area contributed by atoms with Gasteiger partial charge in [-0.15, -0.1) is 22.7 Å². The number of halogens is 2. The van der Waals surface area contributed by atoms with Gasteiger partial charge in [0.25, 0.3) is 0 Å². The number of hydrogen-bond donors (Lipinski definition) is 1. The minimum absolute atomic E-state index is 0.176. The summed E-state index contributed by atoms with van der Waals surface area (Å²) in [4.78, 5) is 45.2. The number of fused-ring (bicyclic) bond motifs is 2. The maximum absolute atomic E-state index is 11.3. The molecule has 1 N–H and O–H groups in total. The quantitative estimate of drug-likeness (QED) is 0.0591. The maximum Gasteiger partial charge on any atom is 0.305 e. The number of aryl methyl sites for hydroxylation is 4. The summed E-state index contributed by atoms with van der Waals surface area (Å²) in [7, 11) is 4.42. The highest BCUT2D eigenvalue weighted by atomic mass is 35.5. The Morgan fingerprint density at radius 1 is 0.740 bits per heavy atom. The zero-order chi connectivity index (χ0) is 36.0. The fourth-order valence-corrected chi connectivity index (χ4v) is 7.56. The Hall–Kier alpha value is -3.58. The highest BCUT2D eigenvalue weighted by molar-refractivity contribution is 7.19. The molecule has 0 aliphatic carbocycles. The van der Waals surface area contributed by atoms with Gasteiger partial charge >= 0.3 is 11.9 Å². The third-order valence-corrected chi connectivity index (χ3v) is 10.8. The summed E-state index contributed by atoms with van der Waals surface area (Å²) in [5.74, 6) is 2.65. The van der Waals surface area contributed by atoms with E-state index in [9.17, 15) is 9.59 Å². The van der Waals surface area contributed by atoms with E-state index in [0.717, 1.165) is 94.8 Å². The third kappa shape index (κ3) is 11.2. The first-order valence-corrected chi connectivity index (χ1v) is 19.0. The van der Waals surface area contributed by atoms with Gasteiger partial charge in [0.1, 0.15) is 38.0 Å². The monoisotopic (exact) mass is 759 g/mol. The minimum Gasteiger partial charge on any atom is -0.495 e. The molecule has 0 unspecified atom stereocenters. The molecule has 5 rings (SSSR count). The van der Waals surface area contributed by atoms with Gasteiger partial charge in [0.15, 0.2) is 0 Å². The molecule has 0 fully saturated rings. The van der Waals surface area contributed by atoms with E-state index < -0.39 is 0 Å². The van der Waals surface area contributed by atoms with Crippen LogP contribution in [-0.4, -0.2) is 53.2 Å². The van der Waals surface area contributed by atoms with Crippen molar-refractivity contribution >= 4 is 84.1 Å². The molecule has 0 aliphatic rings. The molecule has 50 heavy (non-hydrogen) atoms. The Morgan fingerprint density at radius 3 is 1.84 bits per heavy atom. The van der Waals surface area contributed by atoms with Crippen molar-refractivity contribution < 1.29 is 23.8 Å². The summed E-state index contributed by atoms with van der Waals surface area (Å²) in [6.07, 6.45) is 7.45. The van der Waals surface area contributed by atoms with Crippen molar-refractivity contribution in [3.8, 4) is 5.75 Å². The fraction of sp³-hybridized carbons (Fsp3) is 0.444. The number of hydrogen-bond acceptors (Lipinski definition) is 12. The molecule has 14 heteroatoms. The van der Waals surface area contributed by atoms with Gasteiger partial charge in [-0.25, -0.2) is 19.9 Å². The van der Waals surface area contributed by atoms with Gasteiger partial charge in [-0.2, -0.15) is 0 Å². The van der Waals surface area contributed by atoms with Gasteiger partial charge in [-0.1, -0.05) is 43.1 Å². The van der Waals surface area contributed by atoms with E-state index in [2.05, 4.69) is 46.0 Å². The Morgan fingerprint density at radius 2 is 1.30 bits per heavy atom. The molecule has 1 aromatic carbocycles. The molecule has 0 saturated heterocycles. The second kappa shape index (κ2) is 19.7. The number of thiophene rings is 2. The zero-order valence-electron chi connectivity index (χ0n) is 29.1. The standard InChI is InChI=1S/C22H26ClN3O3S.C14H17ClN2O2S/c1-4-15-12-16-21(24-13-14-9-10-18(28-2)17(23)11-14)25-19(26-22(16)30-15)7-5-6-8-20(27)29-3;1-3-9-8-10-13(15)16-11(17-14(10)20-9)6-4-5-7-12(18)19-2/h9-12H,4-8,13H2,1-3H3,(H,24,25,26);8H,3-7H2,1-2H3. The van der Waals surface area contributed by atoms with Crippen LogP contribution >= 0.6 is 45.9 Å². The highest BCUT2D eigenvalue weighted by Crippen LogP contribution is 2.31. The predicted octanol–water partition coefficient (Wildman–Crippen LogP) is 9.21. The number of esters is 2. The topological polar surface area (TPSA) is 125 Å². The van der Waals surface area contributed by atoms with Gasteiger partial charge in [0, 0.05) is 47.4 Å². The first kappa shape index (κ1) is 39.2. The summed E-state index contributed by atoms with van der Waals surface area (Å²) in [5.41, 5.74) is 1.04. The predicted molar refractivity (Wildman–Crippen MR) is 203 cm³/mol. The van der Waals surface area contributed by atoms with Crippen LogP contribution in [0.4, 0.5) is 5.82 Å². The van der Waals surface area contributed by atoms with Gasteiger partial charge in [0.2, 0.25) is 0 Å². The molecule has 268 valence electrons. The van der Waals surface area contributed by atoms with Crippen LogP contribution in [0.25, 0.3) is 20.4 Å². The summed E-state index contributed by atoms with van der Waals surface area (Å²) in [6, 6.07) is 9.95. The molecule has 0 atom stereocenters. The van der Waals surface area contributed by atoms with Crippen LogP contribution in [0, 0.1) is 0 Å². The second-order valence-electron chi connectivity index (χ2n) is 11.4. The van der Waals surface area contributed by atoms with E-state index in [1.807, 2.05) is 18.2 Å². The lowest BCUT2D eigenvalue weighted by Crippen LogP contribution is -2.06. The number of carbonyl (C=O) groups is 2. The van der Waals surface area contributed by atoms with Gasteiger partial charge in [-0.3, -0.25) is 9.59 Å². The van der Waals surface area contributed by atoms with E-state index in [4.69, 9.17) is 42.6 Å². The van der Waals surface area contributed by atoms with E-state index >= 15 is 0 Å². The molecule has 0 bridgehead atoms. The Kier molecular flexibility index (Phi) is 15.5. The first-order chi connectivity index (χ1) is 24.2. The molecule has 0 spiro atoms. The molecular formula is C36H43Cl2N5O5S2. The van der Waals surface area contributed by atoms with E-state index in [0.29, 0.717) is 35.3 Å². The van der Waals surface area contributed by atoms with E-state index in [1.165, 1.54) is 24.0 Å². The van der Waals surface area contributed by atoms with E-state index in [-0.39, 0.29) is 11.9 Å². The van der Waals surface area contributed by atoms with Crippen molar-refractivity contribution in [2.45, 2.75) is 84.6 Å². The summed E-state index contributed by atoms with van der Waals surface area (Å²) >= 11 is 15.8. The van der Waals surface area contributed by atoms with Gasteiger partial charge in [0.05, 0.1) is 31.7 Å². The minimum atomic E-state index is -0.183. The Bertz CT molecular complexity index is 1900. The number of ether oxygens (including phenoxy) is 3. The number of methoxy groups -OCH3 is 3. The van der Waals surface area contributed by atoms with Crippen molar-refractivity contribution in [2.24, 2.45) is 0 Å². The van der Waals surface area contributed by atoms with Crippen molar-refractivity contribution in [1.82, 2.24) is 19.9 Å². The molecule has 4 aromatic heterocycles. The summed E-state index contributed by atoms with van der Waals surface area (Å²) < 4.78 is 14.5. The van der Waals surface area contributed by atoms with Crippen LogP contribution < -0.4 is 10.1 Å². The SMILES string of the molecule is CCc1cc2c(Cl)nc(CCCCC(=O)OC)nc2s1.CCc1cc2c(NCc3ccc(OC)c(Cl)c3)nc(CCCCC(=O)OC)nc2s1. The average molecular weight is 761 g/mol. The number of anilines is 1. The fourth-order valence-electron chi connectivity index (χ4n) is 5.01. The lowest BCUT2D eigenvalue weighted by Gasteiger charge is -2.10. The summed E-state index contributed by atoms with van der Waals surface area (Å²) in [6.45, 7) is 4.84. The van der Waals surface area contributed by atoms with E-state index in [1.54, 1.807) is 29.8 Å². The zero-order valence-corrected chi connectivity index (χ0v) is 32.2. The van der Waals surface area contributed by atoms with Gasteiger partial charge in [-0.05, 0) is 68.4 Å². The average Bonchev–Trinajstić information content (AvgIpc) is 3.75. The van der Waals surface area contributed by atoms with Crippen LogP contribution in [0.1, 0.15) is 79.3 Å².